The van der Waals surface area contributed by atoms with Crippen molar-refractivity contribution in [3.8, 4) is 5.75 Å². The number of ether oxygens (including phenoxy) is 2. The highest BCUT2D eigenvalue weighted by atomic mass is 32.2. The van der Waals surface area contributed by atoms with Gasteiger partial charge in [-0.25, -0.2) is 13.2 Å². The first-order valence-corrected chi connectivity index (χ1v) is 12.0. The second-order valence-electron chi connectivity index (χ2n) is 7.83. The molecule has 172 valence electrons. The Kier molecular flexibility index (Phi) is 7.40. The van der Waals surface area contributed by atoms with E-state index in [2.05, 4.69) is 4.72 Å². The van der Waals surface area contributed by atoms with Crippen molar-refractivity contribution in [1.29, 1.82) is 0 Å². The standard InChI is InChI=1S/C23H28N2O6S/c1-16-7-6-8-17(2)25(16)22(26)15-31-23(27)20-9-4-5-10-21(20)24-32(28,29)19-13-11-18(30-3)12-14-19/h4-5,9-14,16-17,24H,6-8,15H2,1-3H3. The molecule has 2 aromatic rings. The molecule has 2 aromatic carbocycles. The summed E-state index contributed by atoms with van der Waals surface area (Å²) in [5.74, 6) is -0.507. The number of hydrogen-bond donors (Lipinski definition) is 1. The van der Waals surface area contributed by atoms with E-state index in [0.29, 0.717) is 5.75 Å². The van der Waals surface area contributed by atoms with Gasteiger partial charge in [-0.05, 0) is 69.5 Å². The van der Waals surface area contributed by atoms with Gasteiger partial charge in [0.05, 0.1) is 23.3 Å². The number of esters is 1. The molecule has 0 aromatic heterocycles. The predicted octanol–water partition coefficient (Wildman–Crippen LogP) is 3.44. The second-order valence-corrected chi connectivity index (χ2v) is 9.52. The number of anilines is 1. The van der Waals surface area contributed by atoms with Crippen LogP contribution in [-0.4, -0.2) is 51.0 Å². The number of sulfonamides is 1. The van der Waals surface area contributed by atoms with Gasteiger partial charge in [0, 0.05) is 12.1 Å². The third kappa shape index (κ3) is 5.40. The minimum Gasteiger partial charge on any atom is -0.497 e. The second kappa shape index (κ2) is 10.0. The van der Waals surface area contributed by atoms with Crippen LogP contribution in [0.15, 0.2) is 53.4 Å². The van der Waals surface area contributed by atoms with Gasteiger partial charge in [0.25, 0.3) is 15.9 Å². The van der Waals surface area contributed by atoms with Crippen molar-refractivity contribution in [1.82, 2.24) is 4.90 Å². The average molecular weight is 461 g/mol. The highest BCUT2D eigenvalue weighted by Crippen LogP contribution is 2.24. The molecule has 1 aliphatic heterocycles. The van der Waals surface area contributed by atoms with Gasteiger partial charge < -0.3 is 14.4 Å². The third-order valence-electron chi connectivity index (χ3n) is 5.57. The maximum atomic E-state index is 12.8. The number of piperidine rings is 1. The Labute approximate surface area is 188 Å². The van der Waals surface area contributed by atoms with Gasteiger partial charge in [-0.1, -0.05) is 12.1 Å². The van der Waals surface area contributed by atoms with Gasteiger partial charge in [-0.2, -0.15) is 0 Å². The van der Waals surface area contributed by atoms with Crippen LogP contribution < -0.4 is 9.46 Å². The molecule has 0 radical (unpaired) electrons. The quantitative estimate of drug-likeness (QED) is 0.635. The summed E-state index contributed by atoms with van der Waals surface area (Å²) in [4.78, 5) is 27.1. The van der Waals surface area contributed by atoms with E-state index in [-0.39, 0.29) is 34.1 Å². The Bertz CT molecular complexity index is 1060. The van der Waals surface area contributed by atoms with E-state index in [1.807, 2.05) is 13.8 Å². The van der Waals surface area contributed by atoms with Gasteiger partial charge in [0.2, 0.25) is 0 Å². The van der Waals surface area contributed by atoms with E-state index in [1.54, 1.807) is 17.0 Å². The molecule has 1 N–H and O–H groups in total. The number of benzene rings is 2. The first-order valence-electron chi connectivity index (χ1n) is 10.5. The Balaban J connectivity index is 1.71. The molecule has 0 spiro atoms. The maximum absolute atomic E-state index is 12.8. The van der Waals surface area contributed by atoms with Crippen molar-refractivity contribution in [3.05, 3.63) is 54.1 Å². The van der Waals surface area contributed by atoms with E-state index in [9.17, 15) is 18.0 Å². The van der Waals surface area contributed by atoms with Gasteiger partial charge in [-0.3, -0.25) is 9.52 Å². The number of nitrogens with zero attached hydrogens (tertiary/aromatic N) is 1. The Morgan fingerprint density at radius 2 is 1.66 bits per heavy atom. The van der Waals surface area contributed by atoms with Crippen LogP contribution in [0.2, 0.25) is 0 Å². The Hall–Kier alpha value is -3.07. The zero-order chi connectivity index (χ0) is 23.3. The van der Waals surface area contributed by atoms with Crippen LogP contribution in [0.5, 0.6) is 5.75 Å². The lowest BCUT2D eigenvalue weighted by molar-refractivity contribution is -0.140. The Morgan fingerprint density at radius 1 is 1.03 bits per heavy atom. The SMILES string of the molecule is COc1ccc(S(=O)(=O)Nc2ccccc2C(=O)OCC(=O)N2C(C)CCCC2C)cc1. The lowest BCUT2D eigenvalue weighted by Crippen LogP contribution is -2.49. The molecule has 32 heavy (non-hydrogen) atoms. The summed E-state index contributed by atoms with van der Waals surface area (Å²) in [6, 6.07) is 12.2. The predicted molar refractivity (Wildman–Crippen MR) is 120 cm³/mol. The molecule has 2 unspecified atom stereocenters. The van der Waals surface area contributed by atoms with Gasteiger partial charge in [0.15, 0.2) is 6.61 Å². The molecule has 1 saturated heterocycles. The summed E-state index contributed by atoms with van der Waals surface area (Å²) in [6.07, 6.45) is 2.90. The molecule has 9 heteroatoms. The third-order valence-corrected chi connectivity index (χ3v) is 6.95. The van der Waals surface area contributed by atoms with Gasteiger partial charge in [-0.15, -0.1) is 0 Å². The van der Waals surface area contributed by atoms with Crippen molar-refractivity contribution in [2.45, 2.75) is 50.1 Å². The first-order chi connectivity index (χ1) is 15.2. The maximum Gasteiger partial charge on any atom is 0.340 e. The van der Waals surface area contributed by atoms with Crippen molar-refractivity contribution >= 4 is 27.6 Å². The molecule has 8 nitrogen and oxygen atoms in total. The fourth-order valence-corrected chi connectivity index (χ4v) is 4.98. The number of hydrogen-bond acceptors (Lipinski definition) is 6. The molecule has 1 fully saturated rings. The monoisotopic (exact) mass is 460 g/mol. The number of amides is 1. The van der Waals surface area contributed by atoms with Crippen LogP contribution in [-0.2, 0) is 19.6 Å². The van der Waals surface area contributed by atoms with Gasteiger partial charge >= 0.3 is 5.97 Å². The van der Waals surface area contributed by atoms with E-state index in [1.165, 1.54) is 43.5 Å². The normalized spacial score (nSPS) is 18.7. The lowest BCUT2D eigenvalue weighted by Gasteiger charge is -2.38. The molecule has 1 amide bonds. The number of para-hydroxylation sites is 1. The molecule has 3 rings (SSSR count). The summed E-state index contributed by atoms with van der Waals surface area (Å²) in [7, 11) is -2.46. The van der Waals surface area contributed by atoms with Crippen LogP contribution in [0.25, 0.3) is 0 Å². The molecule has 0 bridgehead atoms. The molecule has 0 saturated carbocycles. The van der Waals surface area contributed by atoms with Crippen molar-refractivity contribution in [2.75, 3.05) is 18.4 Å². The molecule has 0 aliphatic carbocycles. The van der Waals surface area contributed by atoms with Crippen LogP contribution in [0.4, 0.5) is 5.69 Å². The highest BCUT2D eigenvalue weighted by Gasteiger charge is 2.29. The fourth-order valence-electron chi connectivity index (χ4n) is 3.90. The van der Waals surface area contributed by atoms with E-state index in [4.69, 9.17) is 9.47 Å². The minimum atomic E-state index is -3.95. The average Bonchev–Trinajstić information content (AvgIpc) is 2.77. The number of nitrogens with one attached hydrogen (secondary N) is 1. The number of rotatable bonds is 7. The number of likely N-dealkylation sites (tertiary alicyclic amines) is 1. The fraction of sp³-hybridized carbons (Fsp3) is 0.391. The minimum absolute atomic E-state index is 0.0183. The van der Waals surface area contributed by atoms with E-state index >= 15 is 0 Å². The van der Waals surface area contributed by atoms with Crippen molar-refractivity contribution in [2.24, 2.45) is 0 Å². The largest absolute Gasteiger partial charge is 0.497 e. The zero-order valence-corrected chi connectivity index (χ0v) is 19.2. The zero-order valence-electron chi connectivity index (χ0n) is 18.4. The first kappa shape index (κ1) is 23.6. The molecular formula is C23H28N2O6S. The van der Waals surface area contributed by atoms with Crippen LogP contribution in [0.3, 0.4) is 0 Å². The summed E-state index contributed by atoms with van der Waals surface area (Å²) in [5, 5.41) is 0. The van der Waals surface area contributed by atoms with Crippen LogP contribution in [0, 0.1) is 0 Å². The number of methoxy groups -OCH3 is 1. The van der Waals surface area contributed by atoms with Crippen LogP contribution in [0.1, 0.15) is 43.5 Å². The number of carbonyl (C=O) groups excluding carboxylic acids is 2. The van der Waals surface area contributed by atoms with Crippen LogP contribution >= 0.6 is 0 Å². The summed E-state index contributed by atoms with van der Waals surface area (Å²) in [6.45, 7) is 3.57. The molecular weight excluding hydrogens is 432 g/mol. The van der Waals surface area contributed by atoms with Crippen molar-refractivity contribution < 1.29 is 27.5 Å². The Morgan fingerprint density at radius 3 is 2.28 bits per heavy atom. The van der Waals surface area contributed by atoms with E-state index in [0.717, 1.165) is 19.3 Å². The number of carbonyl (C=O) groups is 2. The van der Waals surface area contributed by atoms with Gasteiger partial charge in [0.1, 0.15) is 5.75 Å². The highest BCUT2D eigenvalue weighted by molar-refractivity contribution is 7.92. The molecule has 1 heterocycles. The smallest absolute Gasteiger partial charge is 0.340 e. The summed E-state index contributed by atoms with van der Waals surface area (Å²) >= 11 is 0. The summed E-state index contributed by atoms with van der Waals surface area (Å²) < 4.78 is 38.2. The topological polar surface area (TPSA) is 102 Å². The summed E-state index contributed by atoms with van der Waals surface area (Å²) in [5.41, 5.74) is 0.0950. The van der Waals surface area contributed by atoms with E-state index < -0.39 is 22.6 Å². The molecule has 2 atom stereocenters. The lowest BCUT2D eigenvalue weighted by atomic mass is 9.97. The van der Waals surface area contributed by atoms with Crippen molar-refractivity contribution in [3.63, 3.8) is 0 Å². The molecule has 1 aliphatic rings.